The van der Waals surface area contributed by atoms with Crippen molar-refractivity contribution in [1.82, 2.24) is 0 Å². The van der Waals surface area contributed by atoms with Crippen molar-refractivity contribution >= 4 is 40.5 Å². The van der Waals surface area contributed by atoms with Crippen molar-refractivity contribution in [3.63, 3.8) is 0 Å². The topological polar surface area (TPSA) is 49.3 Å². The highest BCUT2D eigenvalue weighted by Crippen LogP contribution is 2.35. The first-order valence-corrected chi connectivity index (χ1v) is 6.30. The standard InChI is InChI=1S/C14H11Cl2NO2/c1-8-6-7-10(15)12(16)13(8)17-11-5-3-2-4-9(11)14(18)19/h2-7,17H,1H3,(H,18,19). The number of para-hydroxylation sites is 1. The van der Waals surface area contributed by atoms with Gasteiger partial charge in [-0.05, 0) is 30.7 Å². The molecule has 2 rings (SSSR count). The Morgan fingerprint density at radius 1 is 1.16 bits per heavy atom. The van der Waals surface area contributed by atoms with Crippen molar-refractivity contribution in [3.05, 3.63) is 57.6 Å². The van der Waals surface area contributed by atoms with Crippen LogP contribution in [0.2, 0.25) is 10.0 Å². The average molecular weight is 296 g/mol. The van der Waals surface area contributed by atoms with Crippen LogP contribution in [0.5, 0.6) is 0 Å². The molecule has 0 aliphatic heterocycles. The predicted molar refractivity (Wildman–Crippen MR) is 77.9 cm³/mol. The van der Waals surface area contributed by atoms with E-state index in [-0.39, 0.29) is 5.56 Å². The molecular weight excluding hydrogens is 285 g/mol. The molecule has 0 aromatic heterocycles. The highest BCUT2D eigenvalue weighted by molar-refractivity contribution is 6.43. The molecule has 0 bridgehead atoms. The third kappa shape index (κ3) is 2.83. The van der Waals surface area contributed by atoms with Gasteiger partial charge in [-0.15, -0.1) is 0 Å². The fourth-order valence-electron chi connectivity index (χ4n) is 1.71. The number of carboxylic acids is 1. The van der Waals surface area contributed by atoms with Crippen LogP contribution in [0, 0.1) is 6.92 Å². The summed E-state index contributed by atoms with van der Waals surface area (Å²) in [6, 6.07) is 10.1. The minimum Gasteiger partial charge on any atom is -0.478 e. The number of aryl methyl sites for hydroxylation is 1. The van der Waals surface area contributed by atoms with Gasteiger partial charge in [-0.3, -0.25) is 0 Å². The van der Waals surface area contributed by atoms with Gasteiger partial charge >= 0.3 is 5.97 Å². The molecule has 0 atom stereocenters. The summed E-state index contributed by atoms with van der Waals surface area (Å²) < 4.78 is 0. The maximum absolute atomic E-state index is 11.1. The number of rotatable bonds is 3. The van der Waals surface area contributed by atoms with Crippen LogP contribution < -0.4 is 5.32 Å². The van der Waals surface area contributed by atoms with Crippen LogP contribution in [0.15, 0.2) is 36.4 Å². The van der Waals surface area contributed by atoms with E-state index in [0.29, 0.717) is 21.4 Å². The molecule has 0 amide bonds. The van der Waals surface area contributed by atoms with Gasteiger partial charge in [0, 0.05) is 0 Å². The molecule has 0 saturated heterocycles. The third-order valence-corrected chi connectivity index (χ3v) is 3.52. The molecule has 2 aromatic rings. The van der Waals surface area contributed by atoms with Crippen molar-refractivity contribution in [2.24, 2.45) is 0 Å². The lowest BCUT2D eigenvalue weighted by atomic mass is 10.1. The largest absolute Gasteiger partial charge is 0.478 e. The number of carbonyl (C=O) groups is 1. The zero-order chi connectivity index (χ0) is 14.0. The molecule has 0 saturated carbocycles. The molecule has 0 heterocycles. The number of hydrogen-bond donors (Lipinski definition) is 2. The van der Waals surface area contributed by atoms with Crippen LogP contribution in [0.1, 0.15) is 15.9 Å². The lowest BCUT2D eigenvalue weighted by molar-refractivity contribution is 0.0698. The molecule has 0 spiro atoms. The second-order valence-electron chi connectivity index (χ2n) is 4.03. The first-order chi connectivity index (χ1) is 9.00. The predicted octanol–water partition coefficient (Wildman–Crippen LogP) is 4.74. The van der Waals surface area contributed by atoms with Crippen LogP contribution in [0.25, 0.3) is 0 Å². The lowest BCUT2D eigenvalue weighted by Crippen LogP contribution is -2.03. The van der Waals surface area contributed by atoms with Gasteiger partial charge in [-0.2, -0.15) is 0 Å². The van der Waals surface area contributed by atoms with Crippen LogP contribution in [-0.4, -0.2) is 11.1 Å². The Morgan fingerprint density at radius 2 is 1.84 bits per heavy atom. The summed E-state index contributed by atoms with van der Waals surface area (Å²) in [6.45, 7) is 1.87. The Kier molecular flexibility index (Phi) is 3.98. The maximum atomic E-state index is 11.1. The Labute approximate surface area is 120 Å². The highest BCUT2D eigenvalue weighted by Gasteiger charge is 2.13. The van der Waals surface area contributed by atoms with Gasteiger partial charge in [0.2, 0.25) is 0 Å². The minimum absolute atomic E-state index is 0.179. The summed E-state index contributed by atoms with van der Waals surface area (Å²) in [5.41, 5.74) is 2.15. The molecule has 0 radical (unpaired) electrons. The fourth-order valence-corrected chi connectivity index (χ4v) is 2.13. The van der Waals surface area contributed by atoms with E-state index in [2.05, 4.69) is 5.32 Å². The van der Waals surface area contributed by atoms with Gasteiger partial charge in [0.1, 0.15) is 0 Å². The van der Waals surface area contributed by atoms with Crippen LogP contribution in [0.3, 0.4) is 0 Å². The summed E-state index contributed by atoms with van der Waals surface area (Å²) in [6.07, 6.45) is 0. The normalized spacial score (nSPS) is 10.3. The molecule has 3 nitrogen and oxygen atoms in total. The Balaban J connectivity index is 2.48. The SMILES string of the molecule is Cc1ccc(Cl)c(Cl)c1Nc1ccccc1C(=O)O. The summed E-state index contributed by atoms with van der Waals surface area (Å²) in [4.78, 5) is 11.1. The van der Waals surface area contributed by atoms with Gasteiger partial charge < -0.3 is 10.4 Å². The number of hydrogen-bond acceptors (Lipinski definition) is 2. The van der Waals surface area contributed by atoms with E-state index < -0.39 is 5.97 Å². The molecule has 0 aliphatic rings. The van der Waals surface area contributed by atoms with E-state index in [0.717, 1.165) is 5.56 Å². The molecule has 5 heteroatoms. The Hall–Kier alpha value is -1.71. The van der Waals surface area contributed by atoms with Crippen LogP contribution >= 0.6 is 23.2 Å². The van der Waals surface area contributed by atoms with E-state index in [1.54, 1.807) is 24.3 Å². The van der Waals surface area contributed by atoms with Gasteiger partial charge in [0.05, 0.1) is 27.0 Å². The van der Waals surface area contributed by atoms with Crippen molar-refractivity contribution in [1.29, 1.82) is 0 Å². The van der Waals surface area contributed by atoms with Crippen molar-refractivity contribution in [3.8, 4) is 0 Å². The number of halogens is 2. The summed E-state index contributed by atoms with van der Waals surface area (Å²) in [7, 11) is 0. The van der Waals surface area contributed by atoms with Crippen molar-refractivity contribution in [2.75, 3.05) is 5.32 Å². The number of aromatic carboxylic acids is 1. The maximum Gasteiger partial charge on any atom is 0.337 e. The first-order valence-electron chi connectivity index (χ1n) is 5.54. The molecule has 0 unspecified atom stereocenters. The monoisotopic (exact) mass is 295 g/mol. The van der Waals surface area contributed by atoms with Gasteiger partial charge in [-0.1, -0.05) is 41.4 Å². The fraction of sp³-hybridized carbons (Fsp3) is 0.0714. The molecule has 98 valence electrons. The number of carboxylic acid groups (broad SMARTS) is 1. The van der Waals surface area contributed by atoms with E-state index in [1.807, 2.05) is 13.0 Å². The second-order valence-corrected chi connectivity index (χ2v) is 4.81. The van der Waals surface area contributed by atoms with Crippen molar-refractivity contribution in [2.45, 2.75) is 6.92 Å². The van der Waals surface area contributed by atoms with Crippen LogP contribution in [0.4, 0.5) is 11.4 Å². The molecule has 0 aliphatic carbocycles. The van der Waals surface area contributed by atoms with E-state index in [9.17, 15) is 4.79 Å². The van der Waals surface area contributed by atoms with Gasteiger partial charge in [0.15, 0.2) is 0 Å². The number of anilines is 2. The summed E-state index contributed by atoms with van der Waals surface area (Å²) in [5, 5.41) is 13.0. The number of nitrogens with one attached hydrogen (secondary N) is 1. The number of benzene rings is 2. The first kappa shape index (κ1) is 13.7. The van der Waals surface area contributed by atoms with Crippen molar-refractivity contribution < 1.29 is 9.90 Å². The smallest absolute Gasteiger partial charge is 0.337 e. The Morgan fingerprint density at radius 3 is 2.53 bits per heavy atom. The summed E-state index contributed by atoms with van der Waals surface area (Å²) >= 11 is 12.1. The highest BCUT2D eigenvalue weighted by atomic mass is 35.5. The van der Waals surface area contributed by atoms with E-state index >= 15 is 0 Å². The van der Waals surface area contributed by atoms with E-state index in [1.165, 1.54) is 6.07 Å². The molecular formula is C14H11Cl2NO2. The summed E-state index contributed by atoms with van der Waals surface area (Å²) in [5.74, 6) is -1.00. The zero-order valence-corrected chi connectivity index (χ0v) is 11.6. The lowest BCUT2D eigenvalue weighted by Gasteiger charge is -2.14. The Bertz CT molecular complexity index is 641. The van der Waals surface area contributed by atoms with Crippen LogP contribution in [-0.2, 0) is 0 Å². The van der Waals surface area contributed by atoms with Gasteiger partial charge in [-0.25, -0.2) is 4.79 Å². The minimum atomic E-state index is -1.00. The molecule has 0 fully saturated rings. The zero-order valence-electron chi connectivity index (χ0n) is 10.1. The molecule has 19 heavy (non-hydrogen) atoms. The molecule has 2 aromatic carbocycles. The van der Waals surface area contributed by atoms with E-state index in [4.69, 9.17) is 28.3 Å². The quantitative estimate of drug-likeness (QED) is 0.859. The second kappa shape index (κ2) is 5.51. The molecule has 2 N–H and O–H groups in total. The average Bonchev–Trinajstić information content (AvgIpc) is 2.39. The van der Waals surface area contributed by atoms with Gasteiger partial charge in [0.25, 0.3) is 0 Å². The third-order valence-electron chi connectivity index (χ3n) is 2.72.